The van der Waals surface area contributed by atoms with Crippen molar-refractivity contribution in [1.82, 2.24) is 10.7 Å². The van der Waals surface area contributed by atoms with Gasteiger partial charge in [-0.05, 0) is 41.5 Å². The van der Waals surface area contributed by atoms with E-state index in [0.29, 0.717) is 22.6 Å². The largest absolute Gasteiger partial charge is 0.871 e. The highest BCUT2D eigenvalue weighted by Gasteiger charge is 2.17. The van der Waals surface area contributed by atoms with Gasteiger partial charge >= 0.3 is 0 Å². The van der Waals surface area contributed by atoms with Gasteiger partial charge in [0, 0.05) is 22.2 Å². The molecule has 2 N–H and O–H groups in total. The molecule has 0 fully saturated rings. The van der Waals surface area contributed by atoms with Crippen LogP contribution in [0.1, 0.15) is 21.5 Å². The number of hydrogen-bond donors (Lipinski definition) is 2. The number of nitro benzene ring substituents is 1. The number of nitrogens with zero attached hydrogens (tertiary/aromatic N) is 2. The van der Waals surface area contributed by atoms with Crippen LogP contribution in [0.2, 0.25) is 0 Å². The zero-order valence-corrected chi connectivity index (χ0v) is 19.9. The number of nitrogens with one attached hydrogen (secondary N) is 2. The molecule has 11 nitrogen and oxygen atoms in total. The number of fused-ring (bicyclic) bond motifs is 1. The van der Waals surface area contributed by atoms with Gasteiger partial charge in [0.05, 0.1) is 11.1 Å². The van der Waals surface area contributed by atoms with Gasteiger partial charge in [0.1, 0.15) is 5.70 Å². The van der Waals surface area contributed by atoms with Crippen molar-refractivity contribution in [1.29, 1.82) is 0 Å². The maximum absolute atomic E-state index is 12.9. The maximum atomic E-state index is 12.9. The number of rotatable bonds is 7. The van der Waals surface area contributed by atoms with Crippen LogP contribution >= 0.6 is 15.9 Å². The van der Waals surface area contributed by atoms with Gasteiger partial charge in [0.25, 0.3) is 17.5 Å². The molecule has 1 heterocycles. The third kappa shape index (κ3) is 5.67. The quantitative estimate of drug-likeness (QED) is 0.198. The van der Waals surface area contributed by atoms with Crippen LogP contribution in [0.3, 0.4) is 0 Å². The summed E-state index contributed by atoms with van der Waals surface area (Å²) in [6.45, 7) is 0.0742. The summed E-state index contributed by atoms with van der Waals surface area (Å²) < 4.78 is 10.6. The first-order valence-corrected chi connectivity index (χ1v) is 11.1. The smallest absolute Gasteiger partial charge is 0.287 e. The predicted molar refractivity (Wildman–Crippen MR) is 130 cm³/mol. The minimum Gasteiger partial charge on any atom is -0.871 e. The van der Waals surface area contributed by atoms with Crippen molar-refractivity contribution in [3.8, 4) is 17.2 Å². The highest BCUT2D eigenvalue weighted by molar-refractivity contribution is 9.10. The highest BCUT2D eigenvalue weighted by atomic mass is 79.9. The number of carbonyl (C=O) groups excluding carboxylic acids is 2. The number of benzene rings is 3. The van der Waals surface area contributed by atoms with Crippen molar-refractivity contribution in [2.75, 3.05) is 6.79 Å². The second-order valence-electron chi connectivity index (χ2n) is 7.29. The van der Waals surface area contributed by atoms with Crippen molar-refractivity contribution < 1.29 is 29.1 Å². The number of hydrazone groups is 1. The molecular weight excluding hydrogens is 536 g/mol. The van der Waals surface area contributed by atoms with E-state index in [2.05, 4.69) is 31.8 Å². The standard InChI is InChI=1S/C24H17BrN4O7/c25-18-11-17(29(33)34)10-16(22(18)30)12-26-28-24(32)19(27-23(31)15-4-2-1-3-5-15)8-14-6-7-20-21(9-14)36-13-35-20/h1-12,30H,13H2,(H,27,31)(H,28,32)/p-1/b19-8-,26-12-. The summed E-state index contributed by atoms with van der Waals surface area (Å²) in [7, 11) is 0. The van der Waals surface area contributed by atoms with Gasteiger partial charge < -0.3 is 19.9 Å². The third-order valence-corrected chi connectivity index (χ3v) is 5.46. The number of ether oxygens (including phenoxy) is 2. The monoisotopic (exact) mass is 551 g/mol. The molecular formula is C24H16BrN4O7-. The van der Waals surface area contributed by atoms with Crippen LogP contribution in [0.25, 0.3) is 6.08 Å². The van der Waals surface area contributed by atoms with Crippen LogP contribution in [-0.4, -0.2) is 29.7 Å². The molecule has 0 spiro atoms. The zero-order valence-electron chi connectivity index (χ0n) is 18.3. The molecule has 0 bridgehead atoms. The minimum atomic E-state index is -0.801. The Morgan fingerprint density at radius 2 is 1.81 bits per heavy atom. The molecule has 1 aliphatic heterocycles. The summed E-state index contributed by atoms with van der Waals surface area (Å²) in [6.07, 6.45) is 2.39. The van der Waals surface area contributed by atoms with Gasteiger partial charge in [-0.25, -0.2) is 5.43 Å². The lowest BCUT2D eigenvalue weighted by Crippen LogP contribution is -2.32. The fraction of sp³-hybridized carbons (Fsp3) is 0.0417. The Bertz CT molecular complexity index is 1410. The Labute approximate surface area is 212 Å². The maximum Gasteiger partial charge on any atom is 0.287 e. The number of halogens is 1. The SMILES string of the molecule is O=C(N/N=C\c1cc([N+](=O)[O-])cc(Br)c1[O-])/C(=C/c1ccc2c(c1)OCO2)NC(=O)c1ccccc1. The van der Waals surface area contributed by atoms with E-state index in [-0.39, 0.29) is 28.2 Å². The predicted octanol–water partition coefficient (Wildman–Crippen LogP) is 3.08. The molecule has 182 valence electrons. The van der Waals surface area contributed by atoms with Gasteiger partial charge in [0.2, 0.25) is 6.79 Å². The zero-order chi connectivity index (χ0) is 25.7. The number of nitro groups is 1. The van der Waals surface area contributed by atoms with E-state index in [1.54, 1.807) is 48.5 Å². The number of hydrogen-bond acceptors (Lipinski definition) is 8. The van der Waals surface area contributed by atoms with Crippen molar-refractivity contribution in [3.05, 3.63) is 97.6 Å². The first-order chi connectivity index (χ1) is 17.3. The summed E-state index contributed by atoms with van der Waals surface area (Å²) in [4.78, 5) is 36.0. The van der Waals surface area contributed by atoms with Gasteiger partial charge in [0.15, 0.2) is 11.5 Å². The molecule has 0 saturated carbocycles. The Morgan fingerprint density at radius 3 is 2.56 bits per heavy atom. The van der Waals surface area contributed by atoms with E-state index in [1.807, 2.05) is 0 Å². The fourth-order valence-corrected chi connectivity index (χ4v) is 3.60. The Balaban J connectivity index is 1.59. The van der Waals surface area contributed by atoms with Crippen molar-refractivity contribution >= 4 is 45.7 Å². The third-order valence-electron chi connectivity index (χ3n) is 4.87. The molecule has 3 aromatic carbocycles. The van der Waals surface area contributed by atoms with Crippen LogP contribution in [0.4, 0.5) is 5.69 Å². The Kier molecular flexibility index (Phi) is 7.25. The molecule has 0 aliphatic carbocycles. The van der Waals surface area contributed by atoms with Gasteiger partial charge in [-0.15, -0.1) is 0 Å². The lowest BCUT2D eigenvalue weighted by Gasteiger charge is -2.12. The van der Waals surface area contributed by atoms with E-state index in [0.717, 1.165) is 18.3 Å². The number of carbonyl (C=O) groups is 2. The first kappa shape index (κ1) is 24.4. The molecule has 36 heavy (non-hydrogen) atoms. The van der Waals surface area contributed by atoms with Crippen LogP contribution in [0, 0.1) is 10.1 Å². The lowest BCUT2D eigenvalue weighted by molar-refractivity contribution is -0.385. The van der Waals surface area contributed by atoms with Gasteiger partial charge in [-0.2, -0.15) is 5.10 Å². The molecule has 0 saturated heterocycles. The molecule has 1 aliphatic rings. The van der Waals surface area contributed by atoms with Crippen LogP contribution in [0.5, 0.6) is 17.2 Å². The summed E-state index contributed by atoms with van der Waals surface area (Å²) in [5.41, 5.74) is 2.48. The van der Waals surface area contributed by atoms with E-state index >= 15 is 0 Å². The summed E-state index contributed by atoms with van der Waals surface area (Å²) >= 11 is 2.98. The molecule has 3 aromatic rings. The first-order valence-electron chi connectivity index (χ1n) is 10.3. The number of amides is 2. The van der Waals surface area contributed by atoms with Gasteiger partial charge in [-0.1, -0.05) is 45.9 Å². The second kappa shape index (κ2) is 10.7. The molecule has 0 aromatic heterocycles. The Hall–Kier alpha value is -4.71. The molecule has 4 rings (SSSR count). The molecule has 0 radical (unpaired) electrons. The summed E-state index contributed by atoms with van der Waals surface area (Å²) in [5.74, 6) is -0.855. The van der Waals surface area contributed by atoms with Crippen molar-refractivity contribution in [3.63, 3.8) is 0 Å². The average molecular weight is 552 g/mol. The molecule has 0 unspecified atom stereocenters. The highest BCUT2D eigenvalue weighted by Crippen LogP contribution is 2.33. The summed E-state index contributed by atoms with van der Waals surface area (Å²) in [5, 5.41) is 29.6. The van der Waals surface area contributed by atoms with E-state index < -0.39 is 22.5 Å². The summed E-state index contributed by atoms with van der Waals surface area (Å²) in [6, 6.07) is 15.3. The van der Waals surface area contributed by atoms with Crippen LogP contribution < -0.4 is 25.3 Å². The van der Waals surface area contributed by atoms with E-state index in [1.165, 1.54) is 6.08 Å². The Morgan fingerprint density at radius 1 is 1.06 bits per heavy atom. The van der Waals surface area contributed by atoms with Crippen molar-refractivity contribution in [2.24, 2.45) is 5.10 Å². The van der Waals surface area contributed by atoms with Crippen LogP contribution in [0.15, 0.2) is 75.9 Å². The van der Waals surface area contributed by atoms with E-state index in [4.69, 9.17) is 9.47 Å². The molecule has 2 amide bonds. The topological polar surface area (TPSA) is 155 Å². The van der Waals surface area contributed by atoms with Crippen LogP contribution in [-0.2, 0) is 4.79 Å². The molecule has 0 atom stereocenters. The second-order valence-corrected chi connectivity index (χ2v) is 8.15. The van der Waals surface area contributed by atoms with E-state index in [9.17, 15) is 24.8 Å². The minimum absolute atomic E-state index is 0.0250. The molecule has 12 heteroatoms. The number of non-ortho nitro benzene ring substituents is 1. The van der Waals surface area contributed by atoms with Gasteiger partial charge in [-0.3, -0.25) is 19.7 Å². The normalized spacial score (nSPS) is 12.4. The fourth-order valence-electron chi connectivity index (χ4n) is 3.13. The van der Waals surface area contributed by atoms with Crippen molar-refractivity contribution in [2.45, 2.75) is 0 Å². The average Bonchev–Trinajstić information content (AvgIpc) is 3.34. The lowest BCUT2D eigenvalue weighted by atomic mass is 10.1.